The number of carbonyl (C=O) groups is 1. The third-order valence-corrected chi connectivity index (χ3v) is 7.34. The third-order valence-electron chi connectivity index (χ3n) is 6.31. The Morgan fingerprint density at radius 1 is 0.974 bits per heavy atom. The molecule has 2 aliphatic rings. The van der Waals surface area contributed by atoms with Gasteiger partial charge in [-0.1, -0.05) is 12.1 Å². The molecular weight excluding hydrogens is 512 g/mol. The number of ether oxygens (including phenoxy) is 5. The zero-order chi connectivity index (χ0) is 26.7. The minimum atomic E-state index is -3.02. The number of aliphatic carboxylic acids is 1. The van der Waals surface area contributed by atoms with Gasteiger partial charge in [-0.3, -0.25) is 4.79 Å². The van der Waals surface area contributed by atoms with Gasteiger partial charge >= 0.3 is 5.97 Å². The number of fused-ring (bicyclic) bond motifs is 4. The zero-order valence-corrected chi connectivity index (χ0v) is 21.7. The van der Waals surface area contributed by atoms with Crippen molar-refractivity contribution in [2.24, 2.45) is 0 Å². The second-order valence-electron chi connectivity index (χ2n) is 9.27. The Labute approximate surface area is 220 Å². The molecule has 0 amide bonds. The molecule has 9 nitrogen and oxygen atoms in total. The maximum atomic E-state index is 11.3. The van der Waals surface area contributed by atoms with Crippen LogP contribution in [0.4, 0.5) is 0 Å². The van der Waals surface area contributed by atoms with Gasteiger partial charge < -0.3 is 28.8 Å². The topological polar surface area (TPSA) is 118 Å². The van der Waals surface area contributed by atoms with Crippen molar-refractivity contribution in [3.63, 3.8) is 0 Å². The highest BCUT2D eigenvalue weighted by Crippen LogP contribution is 2.41. The van der Waals surface area contributed by atoms with Crippen molar-refractivity contribution in [2.75, 3.05) is 25.4 Å². The minimum Gasteiger partial charge on any atom is -0.493 e. The molecule has 5 rings (SSSR count). The summed E-state index contributed by atoms with van der Waals surface area (Å²) in [4.78, 5) is 11.0. The fourth-order valence-corrected chi connectivity index (χ4v) is 5.13. The van der Waals surface area contributed by atoms with Crippen molar-refractivity contribution >= 4 is 15.8 Å². The maximum Gasteiger partial charge on any atom is 0.306 e. The lowest BCUT2D eigenvalue weighted by Gasteiger charge is -2.13. The van der Waals surface area contributed by atoms with E-state index in [4.69, 9.17) is 28.8 Å². The molecule has 0 saturated heterocycles. The largest absolute Gasteiger partial charge is 0.493 e. The predicted molar refractivity (Wildman–Crippen MR) is 138 cm³/mol. The van der Waals surface area contributed by atoms with Gasteiger partial charge in [0, 0.05) is 23.4 Å². The van der Waals surface area contributed by atoms with Crippen LogP contribution in [0.25, 0.3) is 11.1 Å². The quantitative estimate of drug-likeness (QED) is 0.370. The molecule has 1 unspecified atom stereocenters. The van der Waals surface area contributed by atoms with Crippen molar-refractivity contribution in [1.82, 2.24) is 0 Å². The van der Waals surface area contributed by atoms with Crippen LogP contribution in [0.5, 0.6) is 23.0 Å². The molecule has 0 bridgehead atoms. The lowest BCUT2D eigenvalue weighted by atomic mass is 10.0. The summed E-state index contributed by atoms with van der Waals surface area (Å²) in [6, 6.07) is 16.9. The first-order valence-corrected chi connectivity index (χ1v) is 14.2. The molecule has 1 N–H and O–H groups in total. The average Bonchev–Trinajstić information content (AvgIpc) is 3.17. The summed E-state index contributed by atoms with van der Waals surface area (Å²) in [5.74, 6) is 1.74. The molecule has 3 aromatic carbocycles. The van der Waals surface area contributed by atoms with E-state index in [0.717, 1.165) is 27.8 Å². The van der Waals surface area contributed by atoms with Gasteiger partial charge in [-0.15, -0.1) is 0 Å². The molecule has 2 aliphatic heterocycles. The molecule has 200 valence electrons. The van der Waals surface area contributed by atoms with Crippen molar-refractivity contribution in [2.45, 2.75) is 32.2 Å². The van der Waals surface area contributed by atoms with Crippen LogP contribution in [-0.2, 0) is 32.6 Å². The van der Waals surface area contributed by atoms with E-state index in [2.05, 4.69) is 0 Å². The van der Waals surface area contributed by atoms with Crippen LogP contribution in [0, 0.1) is 0 Å². The van der Waals surface area contributed by atoms with Gasteiger partial charge in [0.25, 0.3) is 0 Å². The van der Waals surface area contributed by atoms with Gasteiger partial charge in [-0.05, 0) is 59.5 Å². The molecule has 0 spiro atoms. The smallest absolute Gasteiger partial charge is 0.306 e. The Morgan fingerprint density at radius 3 is 2.58 bits per heavy atom. The minimum absolute atomic E-state index is 0.0491. The molecule has 1 atom stereocenters. The van der Waals surface area contributed by atoms with Crippen molar-refractivity contribution in [3.8, 4) is 34.1 Å². The molecule has 38 heavy (non-hydrogen) atoms. The molecular formula is C28H28O9S. The first-order valence-electron chi connectivity index (χ1n) is 12.2. The molecule has 2 heterocycles. The van der Waals surface area contributed by atoms with Crippen LogP contribution in [-0.4, -0.2) is 44.9 Å². The molecule has 3 aromatic rings. The Balaban J connectivity index is 1.27. The summed E-state index contributed by atoms with van der Waals surface area (Å²) < 4.78 is 51.6. The monoisotopic (exact) mass is 540 g/mol. The highest BCUT2D eigenvalue weighted by atomic mass is 32.2. The second kappa shape index (κ2) is 10.9. The summed E-state index contributed by atoms with van der Waals surface area (Å²) in [7, 11) is -3.02. The summed E-state index contributed by atoms with van der Waals surface area (Å²) in [6.45, 7) is 1.02. The molecule has 0 aromatic heterocycles. The van der Waals surface area contributed by atoms with E-state index in [9.17, 15) is 13.2 Å². The van der Waals surface area contributed by atoms with Gasteiger partial charge in [0.15, 0.2) is 0 Å². The van der Waals surface area contributed by atoms with E-state index in [1.54, 1.807) is 6.07 Å². The molecule has 0 radical (unpaired) electrons. The number of carboxylic acids is 1. The van der Waals surface area contributed by atoms with Crippen LogP contribution in [0.1, 0.15) is 35.6 Å². The third kappa shape index (κ3) is 6.20. The Hall–Kier alpha value is -3.76. The fourth-order valence-electron chi connectivity index (χ4n) is 4.49. The Kier molecular flexibility index (Phi) is 7.44. The fraction of sp³-hybridized carbons (Fsp3) is 0.321. The SMILES string of the molecule is CS(=O)(=O)CCCOc1ccc2c(c1)OCOc1ccc(COc3ccc4c(c3)COC4CC(=O)O)cc1-2. The van der Waals surface area contributed by atoms with E-state index >= 15 is 0 Å². The maximum absolute atomic E-state index is 11.3. The number of hydrogen-bond acceptors (Lipinski definition) is 8. The van der Waals surface area contributed by atoms with Gasteiger partial charge in [-0.2, -0.15) is 0 Å². The Bertz CT molecular complexity index is 1450. The first kappa shape index (κ1) is 25.9. The highest BCUT2D eigenvalue weighted by Gasteiger charge is 2.26. The predicted octanol–water partition coefficient (Wildman–Crippen LogP) is 4.52. The molecule has 10 heteroatoms. The van der Waals surface area contributed by atoms with Gasteiger partial charge in [0.1, 0.15) is 39.4 Å². The number of hydrogen-bond donors (Lipinski definition) is 1. The lowest BCUT2D eigenvalue weighted by Crippen LogP contribution is -2.08. The summed E-state index contributed by atoms with van der Waals surface area (Å²) in [5.41, 5.74) is 4.46. The van der Waals surface area contributed by atoms with E-state index in [1.807, 2.05) is 48.5 Å². The average molecular weight is 541 g/mol. The van der Waals surface area contributed by atoms with E-state index in [0.29, 0.717) is 42.6 Å². The van der Waals surface area contributed by atoms with Gasteiger partial charge in [0.05, 0.1) is 31.5 Å². The highest BCUT2D eigenvalue weighted by molar-refractivity contribution is 7.90. The van der Waals surface area contributed by atoms with Crippen molar-refractivity contribution in [3.05, 3.63) is 71.3 Å². The number of sulfone groups is 1. The lowest BCUT2D eigenvalue weighted by molar-refractivity contribution is -0.140. The molecule has 0 saturated carbocycles. The van der Waals surface area contributed by atoms with Gasteiger partial charge in [0.2, 0.25) is 6.79 Å². The number of benzene rings is 3. The number of carboxylic acid groups (broad SMARTS) is 1. The van der Waals surface area contributed by atoms with Crippen LogP contribution < -0.4 is 18.9 Å². The van der Waals surface area contributed by atoms with Gasteiger partial charge in [-0.25, -0.2) is 8.42 Å². The van der Waals surface area contributed by atoms with Crippen LogP contribution in [0.15, 0.2) is 54.6 Å². The zero-order valence-electron chi connectivity index (χ0n) is 20.8. The van der Waals surface area contributed by atoms with E-state index < -0.39 is 21.9 Å². The standard InChI is InChI=1S/C28H28O9S/c1-38(31,32)10-2-9-33-21-5-7-23-24-11-18(3-8-25(24)36-17-37-26(23)13-21)15-34-20-4-6-22-19(12-20)16-35-27(22)14-28(29)30/h3-8,11-13,27H,2,9-10,14-17H2,1H3,(H,29,30). The van der Waals surface area contributed by atoms with Crippen molar-refractivity contribution < 1.29 is 42.0 Å². The van der Waals surface area contributed by atoms with E-state index in [-0.39, 0.29) is 25.6 Å². The molecule has 0 aliphatic carbocycles. The van der Waals surface area contributed by atoms with Crippen LogP contribution in [0.3, 0.4) is 0 Å². The summed E-state index contributed by atoms with van der Waals surface area (Å²) in [5, 5.41) is 9.06. The van der Waals surface area contributed by atoms with Crippen molar-refractivity contribution in [1.29, 1.82) is 0 Å². The Morgan fingerprint density at radius 2 is 1.76 bits per heavy atom. The summed E-state index contributed by atoms with van der Waals surface area (Å²) >= 11 is 0. The number of rotatable bonds is 10. The van der Waals surface area contributed by atoms with Crippen LogP contribution in [0.2, 0.25) is 0 Å². The van der Waals surface area contributed by atoms with Crippen LogP contribution >= 0.6 is 0 Å². The second-order valence-corrected chi connectivity index (χ2v) is 11.5. The first-order chi connectivity index (χ1) is 18.2. The molecule has 0 fully saturated rings. The van der Waals surface area contributed by atoms with E-state index in [1.165, 1.54) is 6.26 Å². The summed E-state index contributed by atoms with van der Waals surface area (Å²) in [6.07, 6.45) is 1.13. The normalized spacial score (nSPS) is 15.8.